The first-order chi connectivity index (χ1) is 6.88. The lowest BCUT2D eigenvalue weighted by Gasteiger charge is -2.54. The van der Waals surface area contributed by atoms with Crippen LogP contribution in [0.25, 0.3) is 0 Å². The van der Waals surface area contributed by atoms with Crippen molar-refractivity contribution in [1.29, 1.82) is 0 Å². The van der Waals surface area contributed by atoms with Gasteiger partial charge in [-0.05, 0) is 37.5 Å². The maximum atomic E-state index is 2.56. The molecule has 0 heterocycles. The van der Waals surface area contributed by atoms with E-state index in [1.165, 1.54) is 32.1 Å². The highest BCUT2D eigenvalue weighted by Crippen LogP contribution is 2.61. The normalized spacial score (nSPS) is 45.0. The molecule has 15 heavy (non-hydrogen) atoms. The van der Waals surface area contributed by atoms with Crippen molar-refractivity contribution in [2.24, 2.45) is 22.7 Å². The van der Waals surface area contributed by atoms with Gasteiger partial charge in [-0.1, -0.05) is 27.2 Å². The SMILES string of the molecule is C[C+]1CCC2C(C)(C)CCCC2(C)C1C. The van der Waals surface area contributed by atoms with Crippen molar-refractivity contribution in [3.8, 4) is 0 Å². The van der Waals surface area contributed by atoms with Crippen LogP contribution in [0.3, 0.4) is 0 Å². The molecule has 2 rings (SSSR count). The van der Waals surface area contributed by atoms with Gasteiger partial charge in [0.05, 0.1) is 19.3 Å². The van der Waals surface area contributed by atoms with Crippen molar-refractivity contribution in [1.82, 2.24) is 0 Å². The summed E-state index contributed by atoms with van der Waals surface area (Å²) in [5.41, 5.74) is 1.19. The second kappa shape index (κ2) is 3.43. The first-order valence-electron chi connectivity index (χ1n) is 6.70. The maximum absolute atomic E-state index is 2.56. The van der Waals surface area contributed by atoms with E-state index in [4.69, 9.17) is 0 Å². The molecule has 2 saturated carbocycles. The number of fused-ring (bicyclic) bond motifs is 1. The van der Waals surface area contributed by atoms with E-state index >= 15 is 0 Å². The van der Waals surface area contributed by atoms with Gasteiger partial charge in [-0.3, -0.25) is 0 Å². The molecule has 0 aliphatic heterocycles. The van der Waals surface area contributed by atoms with Crippen LogP contribution >= 0.6 is 0 Å². The third kappa shape index (κ3) is 1.61. The minimum Gasteiger partial charge on any atom is -0.0596 e. The largest absolute Gasteiger partial charge is 0.103 e. The Morgan fingerprint density at radius 2 is 1.80 bits per heavy atom. The summed E-state index contributed by atoms with van der Waals surface area (Å²) < 4.78 is 0. The van der Waals surface area contributed by atoms with Crippen LogP contribution in [0.5, 0.6) is 0 Å². The van der Waals surface area contributed by atoms with Crippen molar-refractivity contribution >= 4 is 0 Å². The Bertz CT molecular complexity index is 240. The first-order valence-corrected chi connectivity index (χ1v) is 6.70. The van der Waals surface area contributed by atoms with E-state index in [2.05, 4.69) is 34.6 Å². The van der Waals surface area contributed by atoms with Crippen molar-refractivity contribution in [3.63, 3.8) is 0 Å². The minimum absolute atomic E-state index is 0.585. The number of rotatable bonds is 0. The molecule has 0 nitrogen and oxygen atoms in total. The topological polar surface area (TPSA) is 0 Å². The standard InChI is InChI=1S/C15H27/c1-11-7-8-13-14(3,4)9-6-10-15(13,5)12(11)2/h12-13H,6-10H2,1-5H3/q+1. The summed E-state index contributed by atoms with van der Waals surface area (Å²) in [6.45, 7) is 12.4. The summed E-state index contributed by atoms with van der Waals surface area (Å²) in [5.74, 6) is 3.56. The van der Waals surface area contributed by atoms with Gasteiger partial charge in [0, 0.05) is 5.41 Å². The Morgan fingerprint density at radius 3 is 2.47 bits per heavy atom. The van der Waals surface area contributed by atoms with E-state index in [1.807, 2.05) is 0 Å². The third-order valence-corrected chi connectivity index (χ3v) is 5.83. The highest BCUT2D eigenvalue weighted by Gasteiger charge is 2.56. The van der Waals surface area contributed by atoms with Gasteiger partial charge in [0.25, 0.3) is 0 Å². The van der Waals surface area contributed by atoms with Gasteiger partial charge in [0.2, 0.25) is 0 Å². The Balaban J connectivity index is 2.29. The Kier molecular flexibility index (Phi) is 2.60. The first kappa shape index (κ1) is 11.4. The lowest BCUT2D eigenvalue weighted by molar-refractivity contribution is -0.0567. The van der Waals surface area contributed by atoms with Crippen LogP contribution in [0, 0.1) is 28.6 Å². The summed E-state index contributed by atoms with van der Waals surface area (Å²) in [6, 6.07) is 0. The summed E-state index contributed by atoms with van der Waals surface area (Å²) in [6.07, 6.45) is 7.17. The fourth-order valence-electron chi connectivity index (χ4n) is 4.56. The quantitative estimate of drug-likeness (QED) is 0.498. The van der Waals surface area contributed by atoms with Crippen LogP contribution in [0.2, 0.25) is 0 Å². The Hall–Kier alpha value is -0.130. The predicted molar refractivity (Wildman–Crippen MR) is 66.5 cm³/mol. The number of hydrogen-bond acceptors (Lipinski definition) is 0. The molecule has 0 aromatic rings. The molecule has 2 aliphatic carbocycles. The Morgan fingerprint density at radius 1 is 1.13 bits per heavy atom. The van der Waals surface area contributed by atoms with Crippen LogP contribution in [0.15, 0.2) is 0 Å². The van der Waals surface area contributed by atoms with E-state index in [0.717, 1.165) is 11.8 Å². The maximum Gasteiger partial charge on any atom is 0.103 e. The summed E-state index contributed by atoms with van der Waals surface area (Å²) in [5, 5.41) is 0. The number of hydrogen-bond donors (Lipinski definition) is 0. The van der Waals surface area contributed by atoms with Gasteiger partial charge in [-0.15, -0.1) is 0 Å². The van der Waals surface area contributed by atoms with Crippen LogP contribution < -0.4 is 0 Å². The zero-order valence-corrected chi connectivity index (χ0v) is 11.2. The van der Waals surface area contributed by atoms with Gasteiger partial charge in [-0.2, -0.15) is 0 Å². The second-order valence-electron chi connectivity index (χ2n) is 7.01. The van der Waals surface area contributed by atoms with Gasteiger partial charge in [0.15, 0.2) is 0 Å². The van der Waals surface area contributed by atoms with Crippen LogP contribution in [0.4, 0.5) is 0 Å². The van der Waals surface area contributed by atoms with Crippen molar-refractivity contribution < 1.29 is 0 Å². The molecule has 3 atom stereocenters. The molecule has 0 N–H and O–H groups in total. The lowest BCUT2D eigenvalue weighted by atomic mass is 9.47. The fourth-order valence-corrected chi connectivity index (χ4v) is 4.56. The van der Waals surface area contributed by atoms with Crippen molar-refractivity contribution in [2.45, 2.75) is 66.7 Å². The van der Waals surface area contributed by atoms with Gasteiger partial charge < -0.3 is 0 Å². The molecule has 2 aliphatic rings. The summed E-state index contributed by atoms with van der Waals surface area (Å²) >= 11 is 0. The molecule has 2 fully saturated rings. The highest BCUT2D eigenvalue weighted by atomic mass is 14.6. The molecule has 0 amide bonds. The van der Waals surface area contributed by atoms with E-state index in [0.29, 0.717) is 10.8 Å². The smallest absolute Gasteiger partial charge is 0.0596 e. The van der Waals surface area contributed by atoms with Crippen LogP contribution in [-0.2, 0) is 0 Å². The fraction of sp³-hybridized carbons (Fsp3) is 0.933. The van der Waals surface area contributed by atoms with Gasteiger partial charge >= 0.3 is 0 Å². The van der Waals surface area contributed by atoms with E-state index in [9.17, 15) is 0 Å². The molecule has 86 valence electrons. The molecular formula is C15H27+. The molecule has 0 saturated heterocycles. The lowest BCUT2D eigenvalue weighted by Crippen LogP contribution is -2.49. The van der Waals surface area contributed by atoms with E-state index in [1.54, 1.807) is 5.92 Å². The second-order valence-corrected chi connectivity index (χ2v) is 7.01. The average Bonchev–Trinajstić information content (AvgIpc) is 2.12. The van der Waals surface area contributed by atoms with Gasteiger partial charge in [-0.25, -0.2) is 0 Å². The zero-order valence-electron chi connectivity index (χ0n) is 11.2. The molecule has 0 aromatic heterocycles. The van der Waals surface area contributed by atoms with Gasteiger partial charge in [0.1, 0.15) is 5.92 Å². The van der Waals surface area contributed by atoms with Crippen molar-refractivity contribution in [2.75, 3.05) is 0 Å². The molecule has 3 unspecified atom stereocenters. The third-order valence-electron chi connectivity index (χ3n) is 5.83. The minimum atomic E-state index is 0.585. The monoisotopic (exact) mass is 207 g/mol. The summed E-state index contributed by atoms with van der Waals surface area (Å²) in [4.78, 5) is 0. The molecular weight excluding hydrogens is 180 g/mol. The average molecular weight is 207 g/mol. The molecule has 0 aromatic carbocycles. The molecule has 0 spiro atoms. The predicted octanol–water partition coefficient (Wildman–Crippen LogP) is 4.84. The van der Waals surface area contributed by atoms with Crippen LogP contribution in [-0.4, -0.2) is 0 Å². The molecule has 0 heteroatoms. The van der Waals surface area contributed by atoms with Crippen molar-refractivity contribution in [3.05, 3.63) is 5.92 Å². The molecule has 0 bridgehead atoms. The van der Waals surface area contributed by atoms with E-state index < -0.39 is 0 Å². The van der Waals surface area contributed by atoms with Crippen LogP contribution in [0.1, 0.15) is 66.7 Å². The zero-order chi connectivity index (χ0) is 11.3. The Labute approximate surface area is 95.8 Å². The molecule has 0 radical (unpaired) electrons. The summed E-state index contributed by atoms with van der Waals surface area (Å²) in [7, 11) is 0. The van der Waals surface area contributed by atoms with E-state index in [-0.39, 0.29) is 0 Å². The highest BCUT2D eigenvalue weighted by molar-refractivity contribution is 5.10.